The number of amidine groups is 1. The second-order valence-corrected chi connectivity index (χ2v) is 4.50. The number of benzene rings is 1. The van der Waals surface area contributed by atoms with Crippen LogP contribution in [0.4, 0.5) is 5.82 Å². The first-order valence-electron chi connectivity index (χ1n) is 6.88. The monoisotopic (exact) mass is 302 g/mol. The van der Waals surface area contributed by atoms with Crippen molar-refractivity contribution in [3.63, 3.8) is 0 Å². The number of unbranched alkanes of at least 4 members (excludes halogenated alkanes) is 1. The van der Waals surface area contributed by atoms with E-state index in [0.717, 1.165) is 30.8 Å². The van der Waals surface area contributed by atoms with Gasteiger partial charge in [0.1, 0.15) is 5.75 Å². The number of rotatable bonds is 7. The van der Waals surface area contributed by atoms with Crippen molar-refractivity contribution in [1.29, 1.82) is 0 Å². The van der Waals surface area contributed by atoms with Crippen molar-refractivity contribution in [3.8, 4) is 5.75 Å². The van der Waals surface area contributed by atoms with E-state index in [4.69, 9.17) is 16.2 Å². The van der Waals surface area contributed by atoms with E-state index < -0.39 is 0 Å². The third-order valence-corrected chi connectivity index (χ3v) is 2.78. The predicted octanol–water partition coefficient (Wildman–Crippen LogP) is 1.57. The molecule has 0 aliphatic carbocycles. The van der Waals surface area contributed by atoms with Gasteiger partial charge in [-0.15, -0.1) is 5.10 Å². The van der Waals surface area contributed by atoms with Crippen LogP contribution in [0.15, 0.2) is 39.1 Å². The van der Waals surface area contributed by atoms with Crippen LogP contribution in [0.5, 0.6) is 5.75 Å². The normalized spacial score (nSPS) is 12.0. The average Bonchev–Trinajstić information content (AvgIpc) is 2.95. The first kappa shape index (κ1) is 15.5. The van der Waals surface area contributed by atoms with Gasteiger partial charge in [0.25, 0.3) is 0 Å². The van der Waals surface area contributed by atoms with Crippen molar-refractivity contribution >= 4 is 17.9 Å². The third-order valence-electron chi connectivity index (χ3n) is 2.78. The van der Waals surface area contributed by atoms with E-state index in [9.17, 15) is 0 Å². The summed E-state index contributed by atoms with van der Waals surface area (Å²) in [4.78, 5) is 0. The average molecular weight is 302 g/mol. The number of nitrogens with zero attached hydrogens (tertiary/aromatic N) is 4. The quantitative estimate of drug-likeness (QED) is 0.346. The molecule has 0 fully saturated rings. The molecular weight excluding hydrogens is 284 g/mol. The molecule has 22 heavy (non-hydrogen) atoms. The van der Waals surface area contributed by atoms with Gasteiger partial charge in [-0.2, -0.15) is 5.10 Å². The van der Waals surface area contributed by atoms with Gasteiger partial charge in [0.05, 0.1) is 12.8 Å². The minimum absolute atomic E-state index is 0.0366. The first-order valence-corrected chi connectivity index (χ1v) is 6.88. The molecule has 2 aromatic rings. The minimum atomic E-state index is 0.0366. The standard InChI is InChI=1S/C14H18N6O2/c1-2-3-8-21-11-6-4-10(5-7-11)9-17-18-13(15)12-14(16)20-22-19-12/h4-7,9H,2-3,8H2,1H3,(H2,15,18)(H2,16,20). The molecule has 0 radical (unpaired) electrons. The van der Waals surface area contributed by atoms with Crippen LogP contribution in [0.2, 0.25) is 0 Å². The molecule has 0 aliphatic rings. The molecule has 0 bridgehead atoms. The molecule has 0 unspecified atom stereocenters. The summed E-state index contributed by atoms with van der Waals surface area (Å²) in [7, 11) is 0. The van der Waals surface area contributed by atoms with Crippen LogP contribution in [0.1, 0.15) is 31.0 Å². The zero-order chi connectivity index (χ0) is 15.8. The van der Waals surface area contributed by atoms with Crippen molar-refractivity contribution in [1.82, 2.24) is 10.3 Å². The Labute approximate surface area is 127 Å². The molecule has 4 N–H and O–H groups in total. The second kappa shape index (κ2) is 7.77. The summed E-state index contributed by atoms with van der Waals surface area (Å²) in [5.74, 6) is 0.939. The molecule has 1 aromatic heterocycles. The molecule has 8 heteroatoms. The van der Waals surface area contributed by atoms with Gasteiger partial charge in [0, 0.05) is 0 Å². The number of hydrogen-bond acceptors (Lipinski definition) is 7. The number of nitrogens with two attached hydrogens (primary N) is 2. The van der Waals surface area contributed by atoms with Crippen molar-refractivity contribution in [2.45, 2.75) is 19.8 Å². The lowest BCUT2D eigenvalue weighted by molar-refractivity contribution is 0.308. The Morgan fingerprint density at radius 1 is 1.32 bits per heavy atom. The van der Waals surface area contributed by atoms with Gasteiger partial charge >= 0.3 is 0 Å². The molecule has 0 saturated heterocycles. The van der Waals surface area contributed by atoms with Crippen molar-refractivity contribution < 1.29 is 9.37 Å². The zero-order valence-corrected chi connectivity index (χ0v) is 12.3. The van der Waals surface area contributed by atoms with E-state index >= 15 is 0 Å². The van der Waals surface area contributed by atoms with E-state index in [1.807, 2.05) is 24.3 Å². The molecule has 8 nitrogen and oxygen atoms in total. The Hall–Kier alpha value is -2.90. The molecular formula is C14H18N6O2. The maximum Gasteiger partial charge on any atom is 0.199 e. The highest BCUT2D eigenvalue weighted by Gasteiger charge is 2.09. The Kier molecular flexibility index (Phi) is 5.47. The van der Waals surface area contributed by atoms with Gasteiger partial charge in [-0.25, -0.2) is 4.63 Å². The largest absolute Gasteiger partial charge is 0.494 e. The summed E-state index contributed by atoms with van der Waals surface area (Å²) in [6.45, 7) is 2.84. The molecule has 0 atom stereocenters. The van der Waals surface area contributed by atoms with Gasteiger partial charge in [-0.05, 0) is 46.6 Å². The van der Waals surface area contributed by atoms with Crippen molar-refractivity contribution in [2.24, 2.45) is 15.9 Å². The Morgan fingerprint density at radius 2 is 2.09 bits per heavy atom. The van der Waals surface area contributed by atoms with E-state index in [0.29, 0.717) is 0 Å². The summed E-state index contributed by atoms with van der Waals surface area (Å²) in [6.07, 6.45) is 3.71. The van der Waals surface area contributed by atoms with E-state index in [1.54, 1.807) is 6.21 Å². The van der Waals surface area contributed by atoms with E-state index in [1.165, 1.54) is 0 Å². The number of hydrogen-bond donors (Lipinski definition) is 2. The fraction of sp³-hybridized carbons (Fsp3) is 0.286. The van der Waals surface area contributed by atoms with Crippen LogP contribution in [-0.2, 0) is 0 Å². The van der Waals surface area contributed by atoms with Crippen LogP contribution in [-0.4, -0.2) is 29.0 Å². The lowest BCUT2D eigenvalue weighted by Crippen LogP contribution is -2.15. The number of nitrogen functional groups attached to an aromatic ring is 1. The van der Waals surface area contributed by atoms with Crippen LogP contribution in [0, 0.1) is 0 Å². The molecule has 0 spiro atoms. The fourth-order valence-corrected chi connectivity index (χ4v) is 1.56. The van der Waals surface area contributed by atoms with E-state index in [-0.39, 0.29) is 17.3 Å². The molecule has 2 rings (SSSR count). The summed E-state index contributed by atoms with van der Waals surface area (Å²) < 4.78 is 10.0. The minimum Gasteiger partial charge on any atom is -0.494 e. The van der Waals surface area contributed by atoms with Crippen molar-refractivity contribution in [2.75, 3.05) is 12.3 Å². The molecule has 0 saturated carbocycles. The van der Waals surface area contributed by atoms with Gasteiger partial charge in [0.15, 0.2) is 17.3 Å². The van der Waals surface area contributed by atoms with Crippen LogP contribution < -0.4 is 16.2 Å². The molecule has 1 aromatic carbocycles. The predicted molar refractivity (Wildman–Crippen MR) is 83.9 cm³/mol. The molecule has 1 heterocycles. The molecule has 0 aliphatic heterocycles. The van der Waals surface area contributed by atoms with Crippen LogP contribution in [0.25, 0.3) is 0 Å². The Balaban J connectivity index is 1.94. The van der Waals surface area contributed by atoms with Crippen LogP contribution in [0.3, 0.4) is 0 Å². The summed E-state index contributed by atoms with van der Waals surface area (Å²) in [5, 5.41) is 14.6. The van der Waals surface area contributed by atoms with Gasteiger partial charge in [-0.3, -0.25) is 0 Å². The first-order chi connectivity index (χ1) is 10.7. The highest BCUT2D eigenvalue weighted by atomic mass is 16.6. The van der Waals surface area contributed by atoms with E-state index in [2.05, 4.69) is 32.1 Å². The number of ether oxygens (including phenoxy) is 1. The molecule has 116 valence electrons. The lowest BCUT2D eigenvalue weighted by atomic mass is 10.2. The van der Waals surface area contributed by atoms with Gasteiger partial charge < -0.3 is 16.2 Å². The SMILES string of the molecule is CCCCOc1ccc(C=NN=C(N)c2nonc2N)cc1. The smallest absolute Gasteiger partial charge is 0.199 e. The summed E-state index contributed by atoms with van der Waals surface area (Å²) in [5.41, 5.74) is 12.2. The van der Waals surface area contributed by atoms with Gasteiger partial charge in [0.2, 0.25) is 0 Å². The lowest BCUT2D eigenvalue weighted by Gasteiger charge is -2.04. The Bertz CT molecular complexity index is 648. The second-order valence-electron chi connectivity index (χ2n) is 4.50. The Morgan fingerprint density at radius 3 is 2.73 bits per heavy atom. The maximum atomic E-state index is 5.67. The van der Waals surface area contributed by atoms with Crippen LogP contribution >= 0.6 is 0 Å². The summed E-state index contributed by atoms with van der Waals surface area (Å²) >= 11 is 0. The number of anilines is 1. The highest BCUT2D eigenvalue weighted by molar-refractivity contribution is 5.99. The third kappa shape index (κ3) is 4.30. The molecule has 0 amide bonds. The number of aromatic nitrogens is 2. The maximum absolute atomic E-state index is 5.67. The van der Waals surface area contributed by atoms with Crippen molar-refractivity contribution in [3.05, 3.63) is 35.5 Å². The summed E-state index contributed by atoms with van der Waals surface area (Å²) in [6, 6.07) is 7.51. The zero-order valence-electron chi connectivity index (χ0n) is 12.3. The highest BCUT2D eigenvalue weighted by Crippen LogP contribution is 2.11. The fourth-order valence-electron chi connectivity index (χ4n) is 1.56. The van der Waals surface area contributed by atoms with Gasteiger partial charge in [-0.1, -0.05) is 13.3 Å². The topological polar surface area (TPSA) is 125 Å².